The molecule has 2 heterocycles. The molecule has 2 rings (SSSR count). The Bertz CT molecular complexity index is 428. The molecule has 1 amide bonds. The predicted molar refractivity (Wildman–Crippen MR) is 74.4 cm³/mol. The van der Waals surface area contributed by atoms with Gasteiger partial charge < -0.3 is 15.7 Å². The fourth-order valence-electron chi connectivity index (χ4n) is 2.37. The largest absolute Gasteiger partial charge is 0.391 e. The van der Waals surface area contributed by atoms with Crippen molar-refractivity contribution in [2.45, 2.75) is 44.8 Å². The van der Waals surface area contributed by atoms with Gasteiger partial charge in [-0.1, -0.05) is 18.6 Å². The van der Waals surface area contributed by atoms with Gasteiger partial charge in [0.1, 0.15) is 0 Å². The molecule has 1 aromatic heterocycles. The second kappa shape index (κ2) is 7.35. The molecule has 7 heteroatoms. The summed E-state index contributed by atoms with van der Waals surface area (Å²) in [5.41, 5.74) is 0.312. The van der Waals surface area contributed by atoms with Gasteiger partial charge in [-0.25, -0.2) is 4.68 Å². The zero-order chi connectivity index (χ0) is 14.4. The zero-order valence-corrected chi connectivity index (χ0v) is 11.9. The lowest BCUT2D eigenvalue weighted by Crippen LogP contribution is -2.32. The molecular weight excluding hydrogens is 258 g/mol. The lowest BCUT2D eigenvalue weighted by atomic mass is 10.1. The van der Waals surface area contributed by atoms with E-state index in [9.17, 15) is 9.90 Å². The quantitative estimate of drug-likeness (QED) is 0.687. The molecule has 1 unspecified atom stereocenters. The van der Waals surface area contributed by atoms with E-state index in [0.717, 1.165) is 32.4 Å². The lowest BCUT2D eigenvalue weighted by molar-refractivity contribution is 0.0905. The number of carbonyl (C=O) groups is 1. The summed E-state index contributed by atoms with van der Waals surface area (Å²) in [4.78, 5) is 11.9. The first-order valence-corrected chi connectivity index (χ1v) is 7.29. The summed E-state index contributed by atoms with van der Waals surface area (Å²) in [5.74, 6) is -0.277. The van der Waals surface area contributed by atoms with Crippen molar-refractivity contribution in [1.29, 1.82) is 0 Å². The van der Waals surface area contributed by atoms with Crippen LogP contribution >= 0.6 is 0 Å². The van der Waals surface area contributed by atoms with Crippen LogP contribution in [0.1, 0.15) is 49.1 Å². The molecule has 20 heavy (non-hydrogen) atoms. The van der Waals surface area contributed by atoms with Crippen LogP contribution in [0.3, 0.4) is 0 Å². The van der Waals surface area contributed by atoms with Gasteiger partial charge in [-0.3, -0.25) is 4.79 Å². The molecule has 7 nitrogen and oxygen atoms in total. The van der Waals surface area contributed by atoms with E-state index in [1.54, 1.807) is 10.9 Å². The molecule has 0 radical (unpaired) electrons. The topological polar surface area (TPSA) is 92.1 Å². The summed E-state index contributed by atoms with van der Waals surface area (Å²) >= 11 is 0. The van der Waals surface area contributed by atoms with Crippen LogP contribution in [-0.2, 0) is 0 Å². The molecule has 1 saturated heterocycles. The van der Waals surface area contributed by atoms with Gasteiger partial charge >= 0.3 is 0 Å². The summed E-state index contributed by atoms with van der Waals surface area (Å²) in [6.07, 6.45) is 4.77. The molecule has 0 aromatic carbocycles. The van der Waals surface area contributed by atoms with Crippen molar-refractivity contribution in [2.75, 3.05) is 19.6 Å². The number of nitrogens with one attached hydrogen (secondary N) is 2. The first-order chi connectivity index (χ1) is 9.70. The van der Waals surface area contributed by atoms with Crippen LogP contribution in [0.2, 0.25) is 0 Å². The molecule has 1 aromatic rings. The average molecular weight is 281 g/mol. The summed E-state index contributed by atoms with van der Waals surface area (Å²) in [6, 6.07) is 0.316. The number of piperidine rings is 1. The molecule has 1 fully saturated rings. The second-order valence-corrected chi connectivity index (χ2v) is 5.22. The maximum absolute atomic E-state index is 11.9. The van der Waals surface area contributed by atoms with Crippen LogP contribution < -0.4 is 10.6 Å². The highest BCUT2D eigenvalue weighted by molar-refractivity contribution is 5.91. The van der Waals surface area contributed by atoms with Crippen LogP contribution in [0.15, 0.2) is 6.20 Å². The summed E-state index contributed by atoms with van der Waals surface area (Å²) in [7, 11) is 0. The number of aromatic nitrogens is 3. The summed E-state index contributed by atoms with van der Waals surface area (Å²) < 4.78 is 1.78. The summed E-state index contributed by atoms with van der Waals surface area (Å²) in [6.45, 7) is 4.19. The van der Waals surface area contributed by atoms with Crippen molar-refractivity contribution in [1.82, 2.24) is 25.6 Å². The molecule has 1 aliphatic rings. The van der Waals surface area contributed by atoms with Gasteiger partial charge in [-0.2, -0.15) is 0 Å². The van der Waals surface area contributed by atoms with Crippen molar-refractivity contribution < 1.29 is 9.90 Å². The number of hydrogen-bond acceptors (Lipinski definition) is 5. The Morgan fingerprint density at radius 3 is 3.05 bits per heavy atom. The van der Waals surface area contributed by atoms with E-state index in [4.69, 9.17) is 0 Å². The minimum Gasteiger partial charge on any atom is -0.391 e. The average Bonchev–Trinajstić information content (AvgIpc) is 2.96. The third kappa shape index (κ3) is 4.01. The third-order valence-electron chi connectivity index (χ3n) is 3.55. The third-order valence-corrected chi connectivity index (χ3v) is 3.55. The van der Waals surface area contributed by atoms with E-state index in [1.165, 1.54) is 0 Å². The number of aliphatic hydroxyl groups is 1. The fourth-order valence-corrected chi connectivity index (χ4v) is 2.37. The number of aliphatic hydroxyl groups excluding tert-OH is 1. The Kier molecular flexibility index (Phi) is 5.49. The number of carbonyl (C=O) groups excluding carboxylic acids is 1. The van der Waals surface area contributed by atoms with Gasteiger partial charge in [0.25, 0.3) is 5.91 Å². The Labute approximate surface area is 118 Å². The van der Waals surface area contributed by atoms with Crippen LogP contribution in [0, 0.1) is 0 Å². The van der Waals surface area contributed by atoms with Crippen LogP contribution in [0.25, 0.3) is 0 Å². The smallest absolute Gasteiger partial charge is 0.273 e. The van der Waals surface area contributed by atoms with E-state index in [2.05, 4.69) is 20.9 Å². The van der Waals surface area contributed by atoms with Gasteiger partial charge in [-0.05, 0) is 32.4 Å². The Balaban J connectivity index is 1.86. The number of rotatable bonds is 6. The molecule has 0 bridgehead atoms. The Morgan fingerprint density at radius 2 is 2.35 bits per heavy atom. The molecule has 1 atom stereocenters. The highest BCUT2D eigenvalue weighted by atomic mass is 16.3. The second-order valence-electron chi connectivity index (χ2n) is 5.22. The van der Waals surface area contributed by atoms with E-state index in [0.29, 0.717) is 18.2 Å². The van der Waals surface area contributed by atoms with Crippen LogP contribution in [-0.4, -0.2) is 51.7 Å². The fraction of sp³-hybridized carbons (Fsp3) is 0.769. The molecule has 3 N–H and O–H groups in total. The van der Waals surface area contributed by atoms with Gasteiger partial charge in [0, 0.05) is 6.54 Å². The number of amides is 1. The molecule has 0 aliphatic carbocycles. The lowest BCUT2D eigenvalue weighted by Gasteiger charge is -2.22. The molecule has 0 saturated carbocycles. The molecule has 0 spiro atoms. The maximum atomic E-state index is 11.9. The highest BCUT2D eigenvalue weighted by Crippen LogP contribution is 2.16. The minimum absolute atomic E-state index is 0.257. The number of hydrogen-bond donors (Lipinski definition) is 3. The molecule has 112 valence electrons. The zero-order valence-electron chi connectivity index (χ0n) is 11.9. The van der Waals surface area contributed by atoms with E-state index in [-0.39, 0.29) is 12.5 Å². The maximum Gasteiger partial charge on any atom is 0.273 e. The van der Waals surface area contributed by atoms with Gasteiger partial charge in [0.15, 0.2) is 5.69 Å². The first kappa shape index (κ1) is 14.9. The Hall–Kier alpha value is -1.47. The Morgan fingerprint density at radius 1 is 1.60 bits per heavy atom. The van der Waals surface area contributed by atoms with Gasteiger partial charge in [0.2, 0.25) is 0 Å². The standard InChI is InChI=1S/C13H23N5O2/c1-2-3-11(19)8-15-13(20)12-9-18(17-16-12)10-4-6-14-7-5-10/h9-11,14,19H,2-8H2,1H3,(H,15,20). The highest BCUT2D eigenvalue weighted by Gasteiger charge is 2.18. The monoisotopic (exact) mass is 281 g/mol. The predicted octanol–water partition coefficient (Wildman–Crippen LogP) is 0.0934. The van der Waals surface area contributed by atoms with Gasteiger partial charge in [0.05, 0.1) is 18.3 Å². The van der Waals surface area contributed by atoms with Gasteiger partial charge in [-0.15, -0.1) is 5.10 Å². The van der Waals surface area contributed by atoms with E-state index >= 15 is 0 Å². The van der Waals surface area contributed by atoms with Crippen molar-refractivity contribution in [3.8, 4) is 0 Å². The van der Waals surface area contributed by atoms with Crippen molar-refractivity contribution in [3.63, 3.8) is 0 Å². The van der Waals surface area contributed by atoms with Crippen molar-refractivity contribution >= 4 is 5.91 Å². The van der Waals surface area contributed by atoms with Crippen molar-refractivity contribution in [2.24, 2.45) is 0 Å². The SMILES string of the molecule is CCCC(O)CNC(=O)c1cn(C2CCNCC2)nn1. The van der Waals surface area contributed by atoms with Crippen LogP contribution in [0.5, 0.6) is 0 Å². The number of nitrogens with zero attached hydrogens (tertiary/aromatic N) is 3. The molecule has 1 aliphatic heterocycles. The first-order valence-electron chi connectivity index (χ1n) is 7.29. The summed E-state index contributed by atoms with van der Waals surface area (Å²) in [5, 5.41) is 23.5. The van der Waals surface area contributed by atoms with E-state index in [1.807, 2.05) is 6.92 Å². The minimum atomic E-state index is -0.497. The van der Waals surface area contributed by atoms with Crippen molar-refractivity contribution in [3.05, 3.63) is 11.9 Å². The van der Waals surface area contributed by atoms with E-state index < -0.39 is 6.10 Å². The molecular formula is C13H23N5O2. The van der Waals surface area contributed by atoms with Crippen LogP contribution in [0.4, 0.5) is 0 Å². The normalized spacial score (nSPS) is 17.9.